The van der Waals surface area contributed by atoms with E-state index in [-0.39, 0.29) is 0 Å². The van der Waals surface area contributed by atoms with Crippen molar-refractivity contribution in [2.75, 3.05) is 0 Å². The van der Waals surface area contributed by atoms with E-state index in [0.717, 1.165) is 0 Å². The van der Waals surface area contributed by atoms with Gasteiger partial charge in [-0.15, -0.1) is 0 Å². The molecule has 0 atom stereocenters. The second-order valence-electron chi connectivity index (χ2n) is 2.74. The zero-order chi connectivity index (χ0) is 6.55. The van der Waals surface area contributed by atoms with Crippen LogP contribution in [-0.4, -0.2) is 0 Å². The molecule has 0 amide bonds. The second kappa shape index (κ2) is 1.24. The van der Waals surface area contributed by atoms with E-state index >= 15 is 0 Å². The predicted molar refractivity (Wildman–Crippen MR) is 43.8 cm³/mol. The molecule has 0 saturated carbocycles. The van der Waals surface area contributed by atoms with Gasteiger partial charge in [0.15, 0.2) is 0 Å². The Balaban J connectivity index is 2.92. The fraction of sp³-hybridized carbons (Fsp3) is 0. The van der Waals surface area contributed by atoms with Crippen LogP contribution in [0.5, 0.6) is 0 Å². The van der Waals surface area contributed by atoms with Crippen LogP contribution in [0.25, 0.3) is 21.5 Å². The first-order valence-corrected chi connectivity index (χ1v) is 3.48. The van der Waals surface area contributed by atoms with Crippen molar-refractivity contribution in [3.05, 3.63) is 36.4 Å². The Kier molecular flexibility index (Phi) is 0.558. The molecule has 0 unspecified atom stereocenters. The van der Waals surface area contributed by atoms with Gasteiger partial charge in [0.1, 0.15) is 0 Å². The summed E-state index contributed by atoms with van der Waals surface area (Å²) in [6.07, 6.45) is 0. The summed E-state index contributed by atoms with van der Waals surface area (Å²) < 4.78 is 0. The quantitative estimate of drug-likeness (QED) is 0.406. The van der Waals surface area contributed by atoms with E-state index in [0.29, 0.717) is 0 Å². The van der Waals surface area contributed by atoms with Gasteiger partial charge in [-0.1, -0.05) is 0 Å². The lowest BCUT2D eigenvalue weighted by atomic mass is 10.3. The number of hydrogen-bond donors (Lipinski definition) is 0. The average Bonchev–Trinajstić information content (AvgIpc) is 2.56. The van der Waals surface area contributed by atoms with Crippen LogP contribution < -0.4 is 0 Å². The molecule has 0 aliphatic carbocycles. The van der Waals surface area contributed by atoms with E-state index in [2.05, 4.69) is 36.4 Å². The van der Waals surface area contributed by atoms with Crippen LogP contribution in [0, 0.1) is 0 Å². The summed E-state index contributed by atoms with van der Waals surface area (Å²) in [5.74, 6) is 0. The lowest BCUT2D eigenvalue weighted by molar-refractivity contribution is 2.06. The van der Waals surface area contributed by atoms with E-state index in [9.17, 15) is 0 Å². The lowest BCUT2D eigenvalue weighted by Gasteiger charge is -1.92. The normalized spacial score (nSPS) is 12.0. The standard InChI is InChI=1S/C10H6/c1-2-8-5-6-9-4-3-7(1)10(8)9/h1-6H/q-2. The maximum atomic E-state index is 2.18. The Labute approximate surface area is 58.8 Å². The summed E-state index contributed by atoms with van der Waals surface area (Å²) in [6, 6.07) is 13.1. The molecule has 0 nitrogen and oxygen atoms in total. The molecular formula is C10H6-2. The fourth-order valence-electron chi connectivity index (χ4n) is 1.71. The zero-order valence-corrected chi connectivity index (χ0v) is 5.46. The minimum atomic E-state index is 1.38. The smallest absolute Gasteiger partial charge is 0.151 e. The van der Waals surface area contributed by atoms with Crippen LogP contribution in [0.2, 0.25) is 0 Å². The maximum absolute atomic E-state index is 2.18. The molecule has 0 radical (unpaired) electrons. The van der Waals surface area contributed by atoms with Gasteiger partial charge in [0.05, 0.1) is 0 Å². The molecule has 0 N–H and O–H groups in total. The van der Waals surface area contributed by atoms with Gasteiger partial charge in [0, 0.05) is 0 Å². The van der Waals surface area contributed by atoms with E-state index < -0.39 is 0 Å². The summed E-state index contributed by atoms with van der Waals surface area (Å²) in [5.41, 5.74) is 0. The van der Waals surface area contributed by atoms with E-state index in [4.69, 9.17) is 0 Å². The highest BCUT2D eigenvalue weighted by Crippen LogP contribution is 2.31. The first-order valence-electron chi connectivity index (χ1n) is 3.48. The largest absolute Gasteiger partial charge is 0.238 e. The SMILES string of the molecule is c1c[c-]2cc[c-]3ccc1c23. The molecule has 3 aromatic rings. The van der Waals surface area contributed by atoms with Crippen molar-refractivity contribution in [3.8, 4) is 0 Å². The van der Waals surface area contributed by atoms with Gasteiger partial charge in [0.2, 0.25) is 0 Å². The third-order valence-electron chi connectivity index (χ3n) is 2.19. The van der Waals surface area contributed by atoms with Gasteiger partial charge in [-0.05, 0) is 0 Å². The summed E-state index contributed by atoms with van der Waals surface area (Å²) >= 11 is 0. The lowest BCUT2D eigenvalue weighted by Crippen LogP contribution is -1.42. The van der Waals surface area contributed by atoms with Gasteiger partial charge in [-0.3, -0.25) is 0 Å². The van der Waals surface area contributed by atoms with Gasteiger partial charge < -0.3 is 0 Å². The van der Waals surface area contributed by atoms with Crippen LogP contribution in [0.1, 0.15) is 0 Å². The van der Waals surface area contributed by atoms with Gasteiger partial charge in [-0.25, -0.2) is 40.4 Å². The molecule has 0 fully saturated rings. The topological polar surface area (TPSA) is 0 Å². The molecule has 0 bridgehead atoms. The van der Waals surface area contributed by atoms with Gasteiger partial charge in [-0.2, -0.15) is 17.5 Å². The third-order valence-corrected chi connectivity index (χ3v) is 2.19. The van der Waals surface area contributed by atoms with Crippen LogP contribution in [0.3, 0.4) is 0 Å². The van der Waals surface area contributed by atoms with Crippen molar-refractivity contribution in [2.45, 2.75) is 0 Å². The average molecular weight is 126 g/mol. The van der Waals surface area contributed by atoms with E-state index in [1.54, 1.807) is 0 Å². The van der Waals surface area contributed by atoms with E-state index in [1.165, 1.54) is 21.5 Å². The van der Waals surface area contributed by atoms with Crippen LogP contribution in [0.15, 0.2) is 36.4 Å². The maximum Gasteiger partial charge on any atom is -0.151 e. The molecular weight excluding hydrogens is 120 g/mol. The Bertz CT molecular complexity index is 353. The first kappa shape index (κ1) is 4.51. The molecule has 0 heteroatoms. The van der Waals surface area contributed by atoms with Crippen molar-refractivity contribution >= 4 is 21.5 Å². The Hall–Kier alpha value is -1.30. The minimum Gasteiger partial charge on any atom is -0.238 e. The van der Waals surface area contributed by atoms with Crippen molar-refractivity contribution in [1.82, 2.24) is 0 Å². The van der Waals surface area contributed by atoms with Gasteiger partial charge in [0.25, 0.3) is 0 Å². The minimum absolute atomic E-state index is 1.38. The zero-order valence-electron chi connectivity index (χ0n) is 5.46. The molecule has 48 valence electrons. The van der Waals surface area contributed by atoms with Crippen LogP contribution in [-0.2, 0) is 0 Å². The van der Waals surface area contributed by atoms with Crippen molar-refractivity contribution < 1.29 is 0 Å². The third kappa shape index (κ3) is 0.330. The van der Waals surface area contributed by atoms with Gasteiger partial charge >= 0.3 is 0 Å². The Morgan fingerprint density at radius 1 is 0.800 bits per heavy atom. The molecule has 0 spiro atoms. The molecule has 0 aliphatic rings. The van der Waals surface area contributed by atoms with Crippen molar-refractivity contribution in [1.29, 1.82) is 0 Å². The Morgan fingerprint density at radius 3 is 2.00 bits per heavy atom. The number of rotatable bonds is 0. The Morgan fingerprint density at radius 2 is 1.40 bits per heavy atom. The molecule has 0 aromatic heterocycles. The molecule has 0 aliphatic heterocycles. The molecule has 10 heavy (non-hydrogen) atoms. The molecule has 3 aromatic carbocycles. The summed E-state index contributed by atoms with van der Waals surface area (Å²) in [7, 11) is 0. The highest BCUT2D eigenvalue weighted by Gasteiger charge is 1.85. The second-order valence-corrected chi connectivity index (χ2v) is 2.74. The predicted octanol–water partition coefficient (Wildman–Crippen LogP) is 2.87. The van der Waals surface area contributed by atoms with Crippen molar-refractivity contribution in [3.63, 3.8) is 0 Å². The van der Waals surface area contributed by atoms with Crippen molar-refractivity contribution in [2.24, 2.45) is 0 Å². The van der Waals surface area contributed by atoms with Crippen LogP contribution in [0.4, 0.5) is 0 Å². The number of hydrogen-bond acceptors (Lipinski definition) is 0. The highest BCUT2D eigenvalue weighted by atomic mass is 14.1. The van der Waals surface area contributed by atoms with Crippen LogP contribution >= 0.6 is 0 Å². The highest BCUT2D eigenvalue weighted by molar-refractivity contribution is 6.14. The summed E-state index contributed by atoms with van der Waals surface area (Å²) in [4.78, 5) is 0. The summed E-state index contributed by atoms with van der Waals surface area (Å²) in [6.45, 7) is 0. The van der Waals surface area contributed by atoms with E-state index in [1.807, 2.05) is 0 Å². The molecule has 0 saturated heterocycles. The fourth-order valence-corrected chi connectivity index (χ4v) is 1.71. The molecule has 3 rings (SSSR count). The first-order chi connectivity index (χ1) is 4.95. The molecule has 0 heterocycles. The summed E-state index contributed by atoms with van der Waals surface area (Å²) in [5, 5.41) is 5.60. The monoisotopic (exact) mass is 126 g/mol.